The number of nitrogens with one attached hydrogen (secondary N) is 1. The van der Waals surface area contributed by atoms with Gasteiger partial charge in [-0.3, -0.25) is 31.1 Å². The van der Waals surface area contributed by atoms with Gasteiger partial charge in [0.25, 0.3) is 15.2 Å². The molecule has 0 aliphatic rings. The Kier molecular flexibility index (Phi) is 6.39. The van der Waals surface area contributed by atoms with E-state index in [9.17, 15) is 9.13 Å². The predicted octanol–water partition coefficient (Wildman–Crippen LogP) is 0.549. The van der Waals surface area contributed by atoms with Crippen molar-refractivity contribution in [3.8, 4) is 0 Å². The molecule has 0 saturated carbocycles. The minimum atomic E-state index is -3.35. The molecule has 0 aromatic carbocycles. The van der Waals surface area contributed by atoms with Gasteiger partial charge < -0.3 is 0 Å². The summed E-state index contributed by atoms with van der Waals surface area (Å²) in [5, 5.41) is 0. The minimum absolute atomic E-state index is 0.139. The monoisotopic (exact) mass is 294 g/mol. The highest BCUT2D eigenvalue weighted by Crippen LogP contribution is 2.46. The highest BCUT2D eigenvalue weighted by atomic mass is 33.1. The van der Waals surface area contributed by atoms with Gasteiger partial charge in [0.05, 0.1) is 0 Å². The topological polar surface area (TPSA) is 153 Å². The van der Waals surface area contributed by atoms with E-state index in [0.717, 1.165) is 22.0 Å². The summed E-state index contributed by atoms with van der Waals surface area (Å²) < 4.78 is 25.9. The van der Waals surface area contributed by atoms with Crippen LogP contribution in [0.1, 0.15) is 13.8 Å². The van der Waals surface area contributed by atoms with E-state index in [0.29, 0.717) is 0 Å². The average Bonchev–Trinajstić information content (AvgIpc) is 1.92. The normalized spacial score (nSPS) is 13.9. The molecule has 15 heavy (non-hydrogen) atoms. The lowest BCUT2D eigenvalue weighted by Gasteiger charge is -2.26. The van der Waals surface area contributed by atoms with E-state index in [4.69, 9.17) is 22.0 Å². The van der Waals surface area contributed by atoms with Gasteiger partial charge in [0.1, 0.15) is 0 Å². The summed E-state index contributed by atoms with van der Waals surface area (Å²) in [5.74, 6) is 0. The molecule has 0 fully saturated rings. The molecule has 0 atom stereocenters. The van der Waals surface area contributed by atoms with Crippen LogP contribution in [0.4, 0.5) is 0 Å². The van der Waals surface area contributed by atoms with E-state index < -0.39 is 15.2 Å². The van der Waals surface area contributed by atoms with Crippen LogP contribution in [0.2, 0.25) is 0 Å². The predicted molar refractivity (Wildman–Crippen MR) is 67.3 cm³/mol. The third-order valence-electron chi connectivity index (χ3n) is 1.04. The first-order valence-corrected chi connectivity index (χ1v) is 9.54. The van der Waals surface area contributed by atoms with Gasteiger partial charge in [-0.15, -0.1) is 0 Å². The van der Waals surface area contributed by atoms with Gasteiger partial charge in [0, 0.05) is 28.0 Å². The summed E-state index contributed by atoms with van der Waals surface area (Å²) in [7, 11) is -4.83. The zero-order valence-corrected chi connectivity index (χ0v) is 11.8. The zero-order chi connectivity index (χ0) is 12.3. The summed E-state index contributed by atoms with van der Waals surface area (Å²) in [6.07, 6.45) is 0. The van der Waals surface area contributed by atoms with E-state index in [-0.39, 0.29) is 6.04 Å². The van der Waals surface area contributed by atoms with Crippen molar-refractivity contribution < 1.29 is 9.13 Å². The fourth-order valence-corrected chi connectivity index (χ4v) is 5.93. The number of hydrogen-bond acceptors (Lipinski definition) is 4. The van der Waals surface area contributed by atoms with Crippen LogP contribution in [-0.2, 0) is 9.13 Å². The number of nitrogens with two attached hydrogens (primary N) is 4. The molecule has 0 aromatic rings. The second kappa shape index (κ2) is 6.02. The highest BCUT2D eigenvalue weighted by Gasteiger charge is 2.26. The van der Waals surface area contributed by atoms with Crippen molar-refractivity contribution in [2.45, 2.75) is 19.9 Å². The summed E-state index contributed by atoms with van der Waals surface area (Å²) in [6, 6.07) is -0.139. The molecule has 0 aliphatic carbocycles. The van der Waals surface area contributed by atoms with Crippen LogP contribution >= 0.6 is 37.1 Å². The second-order valence-electron chi connectivity index (χ2n) is 3.03. The number of nitrogens with zero attached hydrogens (tertiary/aromatic N) is 1. The van der Waals surface area contributed by atoms with Crippen LogP contribution in [0.15, 0.2) is 0 Å². The first-order valence-electron chi connectivity index (χ1n) is 3.79. The number of hydrogen-bond donors (Lipinski definition) is 5. The van der Waals surface area contributed by atoms with E-state index in [1.807, 2.05) is 0 Å². The SMILES string of the molecule is CC(C)N(SSNP(N)(N)=O)P(N)(N)=O. The fraction of sp³-hybridized carbons (Fsp3) is 1.00. The summed E-state index contributed by atoms with van der Waals surface area (Å²) in [5.41, 5.74) is 20.7. The van der Waals surface area contributed by atoms with Crippen LogP contribution in [0, 0.1) is 0 Å². The largest absolute Gasteiger partial charge is 0.286 e. The lowest BCUT2D eigenvalue weighted by atomic mass is 10.4. The van der Waals surface area contributed by atoms with Crippen LogP contribution in [0.3, 0.4) is 0 Å². The summed E-state index contributed by atoms with van der Waals surface area (Å²) in [6.45, 7) is 3.54. The van der Waals surface area contributed by atoms with Crippen molar-refractivity contribution in [2.75, 3.05) is 0 Å². The van der Waals surface area contributed by atoms with Gasteiger partial charge in [-0.25, -0.2) is 0 Å². The molecule has 0 saturated heterocycles. The van der Waals surface area contributed by atoms with Gasteiger partial charge in [-0.2, -0.15) is 8.57 Å². The smallest absolute Gasteiger partial charge is 0.271 e. The molecule has 8 nitrogen and oxygen atoms in total. The average molecular weight is 294 g/mol. The Morgan fingerprint density at radius 3 is 1.93 bits per heavy atom. The molecule has 0 aromatic heterocycles. The Labute approximate surface area is 97.0 Å². The van der Waals surface area contributed by atoms with Gasteiger partial charge in [0.2, 0.25) is 0 Å². The lowest BCUT2D eigenvalue weighted by Crippen LogP contribution is -2.28. The quantitative estimate of drug-likeness (QED) is 0.266. The van der Waals surface area contributed by atoms with E-state index in [1.54, 1.807) is 13.8 Å². The van der Waals surface area contributed by atoms with E-state index >= 15 is 0 Å². The third kappa shape index (κ3) is 7.76. The maximum Gasteiger partial charge on any atom is 0.286 e. The first-order chi connectivity index (χ1) is 6.54. The number of rotatable bonds is 6. The highest BCUT2D eigenvalue weighted by molar-refractivity contribution is 8.76. The molecule has 12 heteroatoms. The molecule has 0 amide bonds. The van der Waals surface area contributed by atoms with Gasteiger partial charge >= 0.3 is 0 Å². The maximum atomic E-state index is 11.4. The Balaban J connectivity index is 4.23. The Hall–Kier alpha value is 0.920. The zero-order valence-electron chi connectivity index (χ0n) is 8.36. The summed E-state index contributed by atoms with van der Waals surface area (Å²) >= 11 is 0. The molecular formula is C3H16N6O2P2S2. The fourth-order valence-electron chi connectivity index (χ4n) is 0.612. The molecule has 0 rings (SSSR count). The molecule has 9 N–H and O–H groups in total. The van der Waals surface area contributed by atoms with Gasteiger partial charge in [-0.05, 0) is 13.8 Å². The molecule has 0 heterocycles. The van der Waals surface area contributed by atoms with Crippen molar-refractivity contribution in [1.82, 2.24) is 8.57 Å². The Morgan fingerprint density at radius 2 is 1.67 bits per heavy atom. The van der Waals surface area contributed by atoms with Crippen LogP contribution in [0.5, 0.6) is 0 Å². The molecule has 92 valence electrons. The first kappa shape index (κ1) is 15.9. The maximum absolute atomic E-state index is 11.4. The van der Waals surface area contributed by atoms with Crippen LogP contribution < -0.4 is 26.5 Å². The van der Waals surface area contributed by atoms with Crippen molar-refractivity contribution in [3.05, 3.63) is 0 Å². The molecule has 0 aliphatic heterocycles. The van der Waals surface area contributed by atoms with Gasteiger partial charge in [-0.1, -0.05) is 0 Å². The van der Waals surface area contributed by atoms with Crippen molar-refractivity contribution in [3.63, 3.8) is 0 Å². The molecular weight excluding hydrogens is 278 g/mol. The van der Waals surface area contributed by atoms with Crippen molar-refractivity contribution in [1.29, 1.82) is 0 Å². The van der Waals surface area contributed by atoms with Gasteiger partial charge in [0.15, 0.2) is 0 Å². The van der Waals surface area contributed by atoms with E-state index in [1.165, 1.54) is 4.08 Å². The second-order valence-corrected chi connectivity index (χ2v) is 8.88. The third-order valence-corrected chi connectivity index (χ3v) is 6.93. The molecule has 0 spiro atoms. The molecule has 0 radical (unpaired) electrons. The minimum Gasteiger partial charge on any atom is -0.271 e. The summed E-state index contributed by atoms with van der Waals surface area (Å²) in [4.78, 5) is 0. The lowest BCUT2D eigenvalue weighted by molar-refractivity contribution is 0.501. The van der Waals surface area contributed by atoms with Crippen molar-refractivity contribution >= 4 is 37.1 Å². The molecule has 0 unspecified atom stereocenters. The standard InChI is InChI=1S/C3H16N6O2P2S2/c1-3(2)9(13(6,7)11)15-14-8-12(4,5)10/h3H,1-2H3,(H4,6,7,11)(H5,4,5,8,10). The Bertz CT molecular complexity index is 288. The van der Waals surface area contributed by atoms with Crippen LogP contribution in [0.25, 0.3) is 0 Å². The van der Waals surface area contributed by atoms with E-state index in [2.05, 4.69) is 4.49 Å². The molecule has 0 bridgehead atoms. The van der Waals surface area contributed by atoms with Crippen LogP contribution in [-0.4, -0.2) is 10.1 Å². The van der Waals surface area contributed by atoms with Crippen molar-refractivity contribution in [2.24, 2.45) is 22.0 Å². The Morgan fingerprint density at radius 1 is 1.20 bits per heavy atom.